The van der Waals surface area contributed by atoms with Crippen LogP contribution < -0.4 is 5.73 Å². The third-order valence-electron chi connectivity index (χ3n) is 4.77. The molecule has 0 aliphatic carbocycles. The summed E-state index contributed by atoms with van der Waals surface area (Å²) >= 11 is 0. The number of hydrogen-bond donors (Lipinski definition) is 1. The van der Waals surface area contributed by atoms with Crippen LogP contribution in [0.1, 0.15) is 97.8 Å². The first-order valence-electron chi connectivity index (χ1n) is 10.3. The summed E-state index contributed by atoms with van der Waals surface area (Å²) in [6.07, 6.45) is 20.8. The van der Waals surface area contributed by atoms with Crippen LogP contribution in [-0.4, -0.2) is 24.5 Å². The number of unbranched alkanes of at least 4 members (excludes halogenated alkanes) is 11. The Kier molecular flexibility index (Phi) is 11.7. The van der Waals surface area contributed by atoms with Crippen molar-refractivity contribution in [2.45, 2.75) is 116 Å². The minimum absolute atomic E-state index is 0.0125. The number of nitrogens with two attached hydrogens (primary N) is 1. The average molecular weight is 340 g/mol. The summed E-state index contributed by atoms with van der Waals surface area (Å²) in [6.45, 7) is 6.74. The van der Waals surface area contributed by atoms with Gasteiger partial charge in [0.15, 0.2) is 5.79 Å². The normalized spacial score (nSPS) is 23.8. The van der Waals surface area contributed by atoms with Gasteiger partial charge < -0.3 is 15.2 Å². The van der Waals surface area contributed by atoms with Gasteiger partial charge in [-0.3, -0.25) is 0 Å². The lowest BCUT2D eigenvalue weighted by atomic mass is 10.0. The summed E-state index contributed by atoms with van der Waals surface area (Å²) in [5.41, 5.74) is 6.05. The Balaban J connectivity index is 1.92. The van der Waals surface area contributed by atoms with Crippen LogP contribution in [0.3, 0.4) is 0 Å². The van der Waals surface area contributed by atoms with Crippen molar-refractivity contribution in [1.29, 1.82) is 0 Å². The molecule has 1 heterocycles. The van der Waals surface area contributed by atoms with Crippen LogP contribution in [0.4, 0.5) is 0 Å². The minimum atomic E-state index is -0.512. The number of ether oxygens (including phenoxy) is 2. The molecule has 3 heteroatoms. The maximum atomic E-state index is 6.05. The van der Waals surface area contributed by atoms with E-state index in [2.05, 4.69) is 19.1 Å². The molecule has 1 aliphatic rings. The smallest absolute Gasteiger partial charge is 0.163 e. The topological polar surface area (TPSA) is 44.5 Å². The van der Waals surface area contributed by atoms with Crippen molar-refractivity contribution >= 4 is 0 Å². The summed E-state index contributed by atoms with van der Waals surface area (Å²) < 4.78 is 11.4. The van der Waals surface area contributed by atoms with Gasteiger partial charge in [0, 0.05) is 0 Å². The zero-order valence-corrected chi connectivity index (χ0v) is 16.4. The van der Waals surface area contributed by atoms with E-state index in [-0.39, 0.29) is 12.1 Å². The molecule has 24 heavy (non-hydrogen) atoms. The Morgan fingerprint density at radius 2 is 1.46 bits per heavy atom. The molecule has 3 nitrogen and oxygen atoms in total. The van der Waals surface area contributed by atoms with E-state index in [9.17, 15) is 0 Å². The first-order valence-corrected chi connectivity index (χ1v) is 10.3. The van der Waals surface area contributed by atoms with Gasteiger partial charge in [-0.2, -0.15) is 0 Å². The van der Waals surface area contributed by atoms with Crippen LogP contribution >= 0.6 is 0 Å². The Morgan fingerprint density at radius 3 is 2.04 bits per heavy atom. The third-order valence-corrected chi connectivity index (χ3v) is 4.77. The fraction of sp³-hybridized carbons (Fsp3) is 0.905. The molecule has 2 atom stereocenters. The van der Waals surface area contributed by atoms with Crippen LogP contribution in [0.2, 0.25) is 0 Å². The lowest BCUT2D eigenvalue weighted by Gasteiger charge is -2.38. The average Bonchev–Trinajstić information content (AvgIpc) is 2.55. The van der Waals surface area contributed by atoms with Gasteiger partial charge in [0.25, 0.3) is 0 Å². The quantitative estimate of drug-likeness (QED) is 0.344. The van der Waals surface area contributed by atoms with Crippen LogP contribution in [0.25, 0.3) is 0 Å². The first kappa shape index (κ1) is 21.7. The van der Waals surface area contributed by atoms with E-state index in [0.29, 0.717) is 6.61 Å². The van der Waals surface area contributed by atoms with Crippen LogP contribution in [-0.2, 0) is 9.47 Å². The van der Waals surface area contributed by atoms with Crippen molar-refractivity contribution in [3.05, 3.63) is 12.2 Å². The Labute approximate surface area is 150 Å². The van der Waals surface area contributed by atoms with E-state index in [1.807, 2.05) is 13.8 Å². The fourth-order valence-corrected chi connectivity index (χ4v) is 3.18. The Bertz CT molecular complexity index is 328. The fourth-order valence-electron chi connectivity index (χ4n) is 3.18. The number of rotatable bonds is 13. The molecular weight excluding hydrogens is 298 g/mol. The summed E-state index contributed by atoms with van der Waals surface area (Å²) in [6, 6.07) is -0.0494. The summed E-state index contributed by atoms with van der Waals surface area (Å²) in [5, 5.41) is 0. The highest BCUT2D eigenvalue weighted by atomic mass is 16.7. The van der Waals surface area contributed by atoms with Gasteiger partial charge in [-0.1, -0.05) is 83.3 Å². The molecule has 0 amide bonds. The molecule has 2 N–H and O–H groups in total. The van der Waals surface area contributed by atoms with Crippen LogP contribution in [0.15, 0.2) is 12.2 Å². The molecule has 0 radical (unpaired) electrons. The number of allylic oxidation sites excluding steroid dienone is 1. The van der Waals surface area contributed by atoms with Crippen molar-refractivity contribution < 1.29 is 9.47 Å². The highest BCUT2D eigenvalue weighted by Gasteiger charge is 2.32. The molecule has 1 fully saturated rings. The highest BCUT2D eigenvalue weighted by molar-refractivity contribution is 4.97. The second-order valence-corrected chi connectivity index (χ2v) is 7.71. The van der Waals surface area contributed by atoms with Crippen molar-refractivity contribution in [3.8, 4) is 0 Å². The molecular formula is C21H41NO2. The van der Waals surface area contributed by atoms with Gasteiger partial charge in [-0.25, -0.2) is 0 Å². The maximum absolute atomic E-state index is 6.05. The van der Waals surface area contributed by atoms with Gasteiger partial charge in [0.05, 0.1) is 18.8 Å². The minimum Gasteiger partial charge on any atom is -0.349 e. The maximum Gasteiger partial charge on any atom is 0.163 e. The molecule has 0 saturated carbocycles. The van der Waals surface area contributed by atoms with E-state index in [0.717, 1.165) is 6.42 Å². The van der Waals surface area contributed by atoms with E-state index in [4.69, 9.17) is 15.2 Å². The van der Waals surface area contributed by atoms with E-state index in [1.165, 1.54) is 70.6 Å². The zero-order chi connectivity index (χ0) is 17.7. The lowest BCUT2D eigenvalue weighted by molar-refractivity contribution is -0.268. The Hall–Kier alpha value is -0.380. The standard InChI is InChI=1S/C21H41NO2/c1-4-5-6-7-8-9-10-11-12-13-14-15-16-17-20-19(22)18-23-21(2,3)24-20/h16-17,19-20H,4-15,18,22H2,1-3H3/b17-16+. The van der Waals surface area contributed by atoms with E-state index >= 15 is 0 Å². The van der Waals surface area contributed by atoms with E-state index in [1.54, 1.807) is 0 Å². The highest BCUT2D eigenvalue weighted by Crippen LogP contribution is 2.22. The second-order valence-electron chi connectivity index (χ2n) is 7.71. The van der Waals surface area contributed by atoms with Gasteiger partial charge in [-0.15, -0.1) is 0 Å². The molecule has 0 aromatic rings. The first-order chi connectivity index (χ1) is 11.5. The van der Waals surface area contributed by atoms with Gasteiger partial charge in [0.1, 0.15) is 0 Å². The molecule has 0 bridgehead atoms. The van der Waals surface area contributed by atoms with Gasteiger partial charge >= 0.3 is 0 Å². The van der Waals surface area contributed by atoms with Crippen molar-refractivity contribution in [2.24, 2.45) is 5.73 Å². The molecule has 0 aromatic carbocycles. The molecule has 2 unspecified atom stereocenters. The van der Waals surface area contributed by atoms with Crippen LogP contribution in [0, 0.1) is 0 Å². The van der Waals surface area contributed by atoms with E-state index < -0.39 is 5.79 Å². The summed E-state index contributed by atoms with van der Waals surface area (Å²) in [7, 11) is 0. The molecule has 0 aromatic heterocycles. The predicted octanol–water partition coefficient (Wildman–Crippen LogP) is 5.72. The van der Waals surface area contributed by atoms with Crippen molar-refractivity contribution in [3.63, 3.8) is 0 Å². The van der Waals surface area contributed by atoms with Crippen LogP contribution in [0.5, 0.6) is 0 Å². The molecule has 0 spiro atoms. The molecule has 1 aliphatic heterocycles. The van der Waals surface area contributed by atoms with Gasteiger partial charge in [-0.05, 0) is 26.7 Å². The third kappa shape index (κ3) is 10.5. The number of hydrogen-bond acceptors (Lipinski definition) is 3. The Morgan fingerprint density at radius 1 is 0.917 bits per heavy atom. The SMILES string of the molecule is CCCCCCCCCCCCC/C=C/C1OC(C)(C)OCC1N. The monoisotopic (exact) mass is 339 g/mol. The summed E-state index contributed by atoms with van der Waals surface area (Å²) in [4.78, 5) is 0. The molecule has 142 valence electrons. The lowest BCUT2D eigenvalue weighted by Crippen LogP contribution is -2.51. The molecule has 1 saturated heterocycles. The second kappa shape index (κ2) is 12.9. The van der Waals surface area contributed by atoms with Gasteiger partial charge in [0.2, 0.25) is 0 Å². The largest absolute Gasteiger partial charge is 0.349 e. The predicted molar refractivity (Wildman–Crippen MR) is 103 cm³/mol. The summed E-state index contributed by atoms with van der Waals surface area (Å²) in [5.74, 6) is -0.512. The van der Waals surface area contributed by atoms with Crippen molar-refractivity contribution in [1.82, 2.24) is 0 Å². The molecule has 1 rings (SSSR count). The van der Waals surface area contributed by atoms with Crippen molar-refractivity contribution in [2.75, 3.05) is 6.61 Å². The zero-order valence-electron chi connectivity index (χ0n) is 16.4.